The monoisotopic (exact) mass is 308 g/mol. The third-order valence-corrected chi connectivity index (χ3v) is 4.65. The fraction of sp³-hybridized carbons (Fsp3) is 0.588. The highest BCUT2D eigenvalue weighted by Gasteiger charge is 2.39. The molecule has 0 aliphatic heterocycles. The minimum absolute atomic E-state index is 0.0942. The van der Waals surface area contributed by atoms with Crippen molar-refractivity contribution < 1.29 is 14.3 Å². The van der Waals surface area contributed by atoms with E-state index in [4.69, 9.17) is 0 Å². The van der Waals surface area contributed by atoms with Crippen LogP contribution in [-0.4, -0.2) is 55.1 Å². The molecule has 0 saturated heterocycles. The van der Waals surface area contributed by atoms with Crippen molar-refractivity contribution >= 4 is 5.91 Å². The molecule has 0 spiro atoms. The summed E-state index contributed by atoms with van der Waals surface area (Å²) < 4.78 is 14.1. The first-order chi connectivity index (χ1) is 10.4. The van der Waals surface area contributed by atoms with Gasteiger partial charge >= 0.3 is 0 Å². The van der Waals surface area contributed by atoms with Crippen LogP contribution in [0.15, 0.2) is 24.3 Å². The normalized spacial score (nSPS) is 17.9. The van der Waals surface area contributed by atoms with Crippen molar-refractivity contribution in [1.29, 1.82) is 0 Å². The summed E-state index contributed by atoms with van der Waals surface area (Å²) in [7, 11) is 5.28. The van der Waals surface area contributed by atoms with E-state index in [1.54, 1.807) is 49.1 Å². The minimum Gasteiger partial charge on any atom is -0.396 e. The van der Waals surface area contributed by atoms with Crippen LogP contribution in [0, 0.1) is 11.2 Å². The van der Waals surface area contributed by atoms with Gasteiger partial charge in [-0.2, -0.15) is 0 Å². The van der Waals surface area contributed by atoms with E-state index in [-0.39, 0.29) is 23.7 Å². The Labute approximate surface area is 131 Å². The lowest BCUT2D eigenvalue weighted by molar-refractivity contribution is -0.138. The zero-order valence-corrected chi connectivity index (χ0v) is 13.6. The molecule has 1 aromatic carbocycles. The third-order valence-electron chi connectivity index (χ3n) is 4.65. The van der Waals surface area contributed by atoms with E-state index in [0.29, 0.717) is 12.1 Å². The van der Waals surface area contributed by atoms with Crippen LogP contribution in [0.25, 0.3) is 0 Å². The largest absolute Gasteiger partial charge is 0.396 e. The van der Waals surface area contributed by atoms with Crippen molar-refractivity contribution in [1.82, 2.24) is 9.80 Å². The lowest BCUT2D eigenvalue weighted by Crippen LogP contribution is -2.48. The number of carbonyl (C=O) groups is 1. The molecule has 1 atom stereocenters. The molecular formula is C17H25FN2O2. The summed E-state index contributed by atoms with van der Waals surface area (Å²) in [5, 5.41) is 9.57. The second kappa shape index (κ2) is 6.75. The van der Waals surface area contributed by atoms with Gasteiger partial charge in [0.2, 0.25) is 5.91 Å². The van der Waals surface area contributed by atoms with Gasteiger partial charge in [0.25, 0.3) is 0 Å². The van der Waals surface area contributed by atoms with Gasteiger partial charge in [-0.25, -0.2) is 4.39 Å². The average molecular weight is 308 g/mol. The quantitative estimate of drug-likeness (QED) is 0.875. The van der Waals surface area contributed by atoms with Gasteiger partial charge in [0.15, 0.2) is 0 Å². The fourth-order valence-electron chi connectivity index (χ4n) is 3.16. The van der Waals surface area contributed by atoms with Gasteiger partial charge in [0, 0.05) is 24.6 Å². The molecule has 0 bridgehead atoms. The van der Waals surface area contributed by atoms with Crippen LogP contribution >= 0.6 is 0 Å². The Hall–Kier alpha value is -1.46. The Kier molecular flexibility index (Phi) is 5.19. The highest BCUT2D eigenvalue weighted by molar-refractivity contribution is 5.83. The number of aliphatic hydroxyl groups excluding tert-OH is 1. The van der Waals surface area contributed by atoms with Crippen molar-refractivity contribution in [3.63, 3.8) is 0 Å². The summed E-state index contributed by atoms with van der Waals surface area (Å²) in [5.41, 5.74) is 0.215. The van der Waals surface area contributed by atoms with E-state index in [9.17, 15) is 14.3 Å². The van der Waals surface area contributed by atoms with Gasteiger partial charge in [-0.1, -0.05) is 24.6 Å². The van der Waals surface area contributed by atoms with Crippen molar-refractivity contribution in [2.24, 2.45) is 5.41 Å². The maximum Gasteiger partial charge on any atom is 0.244 e. The van der Waals surface area contributed by atoms with Crippen LogP contribution in [0.1, 0.15) is 30.9 Å². The number of amides is 1. The Balaban J connectivity index is 2.18. The summed E-state index contributed by atoms with van der Waals surface area (Å²) in [4.78, 5) is 16.2. The molecule has 0 radical (unpaired) electrons. The van der Waals surface area contributed by atoms with Gasteiger partial charge in [0.05, 0.1) is 6.61 Å². The maximum absolute atomic E-state index is 14.1. The van der Waals surface area contributed by atoms with E-state index in [1.807, 2.05) is 0 Å². The predicted molar refractivity (Wildman–Crippen MR) is 83.8 cm³/mol. The van der Waals surface area contributed by atoms with E-state index < -0.39 is 6.04 Å². The summed E-state index contributed by atoms with van der Waals surface area (Å²) in [6, 6.07) is 5.73. The molecule has 122 valence electrons. The zero-order valence-electron chi connectivity index (χ0n) is 13.6. The number of halogens is 1. The number of hydrogen-bond acceptors (Lipinski definition) is 3. The molecule has 5 heteroatoms. The summed E-state index contributed by atoms with van der Waals surface area (Å²) >= 11 is 0. The van der Waals surface area contributed by atoms with E-state index >= 15 is 0 Å². The Bertz CT molecular complexity index is 524. The van der Waals surface area contributed by atoms with Crippen LogP contribution in [0.2, 0.25) is 0 Å². The molecule has 1 aliphatic carbocycles. The molecular weight excluding hydrogens is 283 g/mol. The molecule has 1 saturated carbocycles. The molecule has 1 N–H and O–H groups in total. The Morgan fingerprint density at radius 1 is 1.32 bits per heavy atom. The number of hydrogen-bond donors (Lipinski definition) is 1. The zero-order chi connectivity index (χ0) is 16.3. The predicted octanol–water partition coefficient (Wildman–Crippen LogP) is 2.05. The molecule has 2 rings (SSSR count). The highest BCUT2D eigenvalue weighted by atomic mass is 19.1. The second-order valence-electron chi connectivity index (χ2n) is 6.59. The number of likely N-dealkylation sites (N-methyl/N-ethyl adjacent to an activating group) is 2. The van der Waals surface area contributed by atoms with Crippen LogP contribution < -0.4 is 0 Å². The fourth-order valence-corrected chi connectivity index (χ4v) is 3.16. The standard InChI is InChI=1S/C17H25FN2O2/c1-19(2)15(13-7-4-5-8-14(13)18)16(22)20(3)11-17(12-21)9-6-10-17/h4-5,7-8,15,21H,6,9-12H2,1-3H3/t15-/m1/s1. The number of benzene rings is 1. The van der Waals surface area contributed by atoms with Crippen molar-refractivity contribution in [2.75, 3.05) is 34.3 Å². The summed E-state index contributed by atoms with van der Waals surface area (Å²) in [6.45, 7) is 0.609. The number of carbonyl (C=O) groups excluding carboxylic acids is 1. The van der Waals surface area contributed by atoms with Crippen LogP contribution in [0.5, 0.6) is 0 Å². The van der Waals surface area contributed by atoms with Crippen LogP contribution in [0.4, 0.5) is 4.39 Å². The van der Waals surface area contributed by atoms with Crippen molar-refractivity contribution in [3.8, 4) is 0 Å². The van der Waals surface area contributed by atoms with Crippen molar-refractivity contribution in [3.05, 3.63) is 35.6 Å². The summed E-state index contributed by atoms with van der Waals surface area (Å²) in [6.07, 6.45) is 2.97. The van der Waals surface area contributed by atoms with Gasteiger partial charge < -0.3 is 10.0 Å². The molecule has 0 aromatic heterocycles. The van der Waals surface area contributed by atoms with Crippen LogP contribution in [-0.2, 0) is 4.79 Å². The van der Waals surface area contributed by atoms with Gasteiger partial charge in [-0.15, -0.1) is 0 Å². The number of nitrogens with zero attached hydrogens (tertiary/aromatic N) is 2. The van der Waals surface area contributed by atoms with Gasteiger partial charge in [-0.3, -0.25) is 9.69 Å². The first kappa shape index (κ1) is 16.9. The molecule has 1 fully saturated rings. The second-order valence-corrected chi connectivity index (χ2v) is 6.59. The molecule has 22 heavy (non-hydrogen) atoms. The van der Waals surface area contributed by atoms with E-state index in [2.05, 4.69) is 0 Å². The first-order valence-corrected chi connectivity index (χ1v) is 7.67. The number of aliphatic hydroxyl groups is 1. The summed E-state index contributed by atoms with van der Waals surface area (Å²) in [5.74, 6) is -0.515. The average Bonchev–Trinajstić information content (AvgIpc) is 2.44. The molecule has 0 heterocycles. The van der Waals surface area contributed by atoms with Crippen LogP contribution in [0.3, 0.4) is 0 Å². The Morgan fingerprint density at radius 3 is 2.41 bits per heavy atom. The molecule has 1 amide bonds. The van der Waals surface area contributed by atoms with E-state index in [1.165, 1.54) is 6.07 Å². The smallest absolute Gasteiger partial charge is 0.244 e. The SMILES string of the molecule is CN(CC1(CO)CCC1)C(=O)[C@@H](c1ccccc1F)N(C)C. The Morgan fingerprint density at radius 2 is 1.95 bits per heavy atom. The lowest BCUT2D eigenvalue weighted by Gasteiger charge is -2.43. The van der Waals surface area contributed by atoms with E-state index in [0.717, 1.165) is 19.3 Å². The number of rotatable bonds is 6. The third kappa shape index (κ3) is 3.31. The highest BCUT2D eigenvalue weighted by Crippen LogP contribution is 2.41. The van der Waals surface area contributed by atoms with Crippen molar-refractivity contribution in [2.45, 2.75) is 25.3 Å². The molecule has 4 nitrogen and oxygen atoms in total. The lowest BCUT2D eigenvalue weighted by atomic mass is 9.69. The first-order valence-electron chi connectivity index (χ1n) is 7.67. The molecule has 1 aromatic rings. The molecule has 0 unspecified atom stereocenters. The van der Waals surface area contributed by atoms with Gasteiger partial charge in [-0.05, 0) is 33.0 Å². The topological polar surface area (TPSA) is 43.8 Å². The molecule has 1 aliphatic rings. The minimum atomic E-state index is -0.651. The maximum atomic E-state index is 14.1. The van der Waals surface area contributed by atoms with Gasteiger partial charge in [0.1, 0.15) is 11.9 Å².